The summed E-state index contributed by atoms with van der Waals surface area (Å²) in [6.07, 6.45) is 4.88. The lowest BCUT2D eigenvalue weighted by Crippen LogP contribution is -2.51. The van der Waals surface area contributed by atoms with E-state index in [4.69, 9.17) is 9.47 Å². The third-order valence-corrected chi connectivity index (χ3v) is 13.8. The summed E-state index contributed by atoms with van der Waals surface area (Å²) in [7, 11) is 0. The van der Waals surface area contributed by atoms with Gasteiger partial charge in [-0.15, -0.1) is 0 Å². The van der Waals surface area contributed by atoms with Crippen LogP contribution in [0.5, 0.6) is 0 Å². The molecule has 2 N–H and O–H groups in total. The molecule has 4 aromatic carbocycles. The molecular formula is C50H62N6O4. The van der Waals surface area contributed by atoms with Crippen molar-refractivity contribution in [2.45, 2.75) is 77.5 Å². The van der Waals surface area contributed by atoms with Gasteiger partial charge < -0.3 is 39.7 Å². The van der Waals surface area contributed by atoms with Gasteiger partial charge in [-0.05, 0) is 98.2 Å². The standard InChI is InChI=1S/2C25H31N3O2/c2*1-17-24(26-20-6-4-3-5-7-20)22-16-21(27-12-14-30-15-13-27)10-11-23(22)28(18(2)29)25(17)19-8-9-19/h2*3-7,10-11,16-17,19,24-26H,8-9,12-15H2,1-2H3/t2*17-,24-,25-/m10/s1. The van der Waals surface area contributed by atoms with Crippen molar-refractivity contribution < 1.29 is 19.1 Å². The fourth-order valence-electron chi connectivity index (χ4n) is 10.6. The van der Waals surface area contributed by atoms with Gasteiger partial charge in [0.05, 0.1) is 38.5 Å². The van der Waals surface area contributed by atoms with E-state index in [1.165, 1.54) is 48.2 Å². The summed E-state index contributed by atoms with van der Waals surface area (Å²) in [5, 5.41) is 7.62. The van der Waals surface area contributed by atoms with Crippen LogP contribution in [0.2, 0.25) is 0 Å². The molecule has 10 nitrogen and oxygen atoms in total. The minimum absolute atomic E-state index is 0.150. The molecule has 4 heterocycles. The average Bonchev–Trinajstić information content (AvgIpc) is 4.23. The number of benzene rings is 4. The van der Waals surface area contributed by atoms with E-state index in [1.807, 2.05) is 12.1 Å². The summed E-state index contributed by atoms with van der Waals surface area (Å²) in [5.74, 6) is 2.17. The molecule has 316 valence electrons. The second kappa shape index (κ2) is 17.5. The highest BCUT2D eigenvalue weighted by atomic mass is 16.5. The number of ether oxygens (including phenoxy) is 2. The van der Waals surface area contributed by atoms with Crippen molar-refractivity contribution in [1.29, 1.82) is 0 Å². The molecule has 4 aromatic rings. The number of nitrogens with one attached hydrogen (secondary N) is 2. The second-order valence-corrected chi connectivity index (χ2v) is 17.8. The number of hydrogen-bond donors (Lipinski definition) is 2. The monoisotopic (exact) mass is 810 g/mol. The zero-order chi connectivity index (χ0) is 41.3. The molecule has 6 aliphatic rings. The van der Waals surface area contributed by atoms with Crippen LogP contribution in [0.1, 0.15) is 76.6 Å². The molecule has 4 fully saturated rings. The number of anilines is 6. The third kappa shape index (κ3) is 8.33. The van der Waals surface area contributed by atoms with Gasteiger partial charge >= 0.3 is 0 Å². The Morgan fingerprint density at radius 3 is 1.23 bits per heavy atom. The van der Waals surface area contributed by atoms with E-state index in [9.17, 15) is 9.59 Å². The Labute approximate surface area is 356 Å². The molecule has 60 heavy (non-hydrogen) atoms. The third-order valence-electron chi connectivity index (χ3n) is 13.8. The maximum absolute atomic E-state index is 12.8. The van der Waals surface area contributed by atoms with E-state index in [1.54, 1.807) is 13.8 Å². The highest BCUT2D eigenvalue weighted by Gasteiger charge is 2.49. The number of rotatable bonds is 8. The Kier molecular flexibility index (Phi) is 11.8. The van der Waals surface area contributed by atoms with Gasteiger partial charge in [-0.2, -0.15) is 0 Å². The van der Waals surface area contributed by atoms with Gasteiger partial charge in [0.1, 0.15) is 0 Å². The van der Waals surface area contributed by atoms with Crippen LogP contribution in [0, 0.1) is 23.7 Å². The summed E-state index contributed by atoms with van der Waals surface area (Å²) in [4.78, 5) is 34.5. The zero-order valence-corrected chi connectivity index (χ0v) is 35.8. The number of fused-ring (bicyclic) bond motifs is 2. The topological polar surface area (TPSA) is 89.6 Å². The number of amides is 2. The van der Waals surface area contributed by atoms with Crippen molar-refractivity contribution in [3.05, 3.63) is 108 Å². The second-order valence-electron chi connectivity index (χ2n) is 17.8. The van der Waals surface area contributed by atoms with Crippen molar-refractivity contribution in [3.63, 3.8) is 0 Å². The summed E-state index contributed by atoms with van der Waals surface area (Å²) < 4.78 is 11.1. The van der Waals surface area contributed by atoms with Crippen molar-refractivity contribution >= 4 is 45.9 Å². The maximum atomic E-state index is 12.8. The van der Waals surface area contributed by atoms with Gasteiger partial charge in [0, 0.05) is 109 Å². The van der Waals surface area contributed by atoms with Crippen LogP contribution in [0.3, 0.4) is 0 Å². The lowest BCUT2D eigenvalue weighted by Gasteiger charge is -2.46. The van der Waals surface area contributed by atoms with Crippen LogP contribution in [0.15, 0.2) is 97.1 Å². The SMILES string of the molecule is CC(=O)N1c2ccc(N3CCOCC3)cc2[C@@H](Nc2ccccc2)[C@H](C)[C@H]1C1CC1.CC(=O)N1c2ccc(N3CCOCC3)cc2[C@H](Nc2ccccc2)[C@@H](C)[C@@H]1C1CC1. The summed E-state index contributed by atoms with van der Waals surface area (Å²) in [6, 6.07) is 35.0. The number of hydrogen-bond acceptors (Lipinski definition) is 8. The fourth-order valence-corrected chi connectivity index (χ4v) is 10.6. The predicted molar refractivity (Wildman–Crippen MR) is 242 cm³/mol. The fraction of sp³-hybridized carbons (Fsp3) is 0.480. The first-order chi connectivity index (χ1) is 29.3. The Bertz CT molecular complexity index is 1960. The van der Waals surface area contributed by atoms with E-state index in [2.05, 4.69) is 129 Å². The Hall–Kier alpha value is -5.06. The number of carbonyl (C=O) groups excluding carboxylic acids is 2. The summed E-state index contributed by atoms with van der Waals surface area (Å²) in [5.41, 5.74) is 9.29. The highest BCUT2D eigenvalue weighted by Crippen LogP contribution is 2.52. The normalized spacial score (nSPS) is 26.3. The van der Waals surface area contributed by atoms with Gasteiger partial charge in [-0.1, -0.05) is 50.2 Å². The first-order valence-corrected chi connectivity index (χ1v) is 22.4. The number of para-hydroxylation sites is 2. The minimum Gasteiger partial charge on any atom is -0.378 e. The van der Waals surface area contributed by atoms with Crippen LogP contribution < -0.4 is 30.2 Å². The van der Waals surface area contributed by atoms with E-state index in [0.29, 0.717) is 23.7 Å². The molecule has 0 unspecified atom stereocenters. The number of carbonyl (C=O) groups is 2. The number of nitrogens with zero attached hydrogens (tertiary/aromatic N) is 4. The first-order valence-electron chi connectivity index (χ1n) is 22.4. The molecule has 0 spiro atoms. The lowest BCUT2D eigenvalue weighted by atomic mass is 9.79. The van der Waals surface area contributed by atoms with Crippen LogP contribution in [-0.2, 0) is 19.1 Å². The molecule has 2 saturated heterocycles. The lowest BCUT2D eigenvalue weighted by molar-refractivity contribution is -0.118. The first kappa shape index (κ1) is 40.4. The molecule has 4 aliphatic heterocycles. The van der Waals surface area contributed by atoms with Gasteiger partial charge in [0.25, 0.3) is 0 Å². The molecule has 10 rings (SSSR count). The molecule has 10 heteroatoms. The van der Waals surface area contributed by atoms with Crippen molar-refractivity contribution in [3.8, 4) is 0 Å². The Balaban J connectivity index is 0.000000154. The van der Waals surface area contributed by atoms with Crippen molar-refractivity contribution in [1.82, 2.24) is 0 Å². The highest BCUT2D eigenvalue weighted by molar-refractivity contribution is 5.95. The molecule has 2 aliphatic carbocycles. The largest absolute Gasteiger partial charge is 0.378 e. The molecule has 2 saturated carbocycles. The predicted octanol–water partition coefficient (Wildman–Crippen LogP) is 8.92. The quantitative estimate of drug-likeness (QED) is 0.183. The zero-order valence-electron chi connectivity index (χ0n) is 35.8. The van der Waals surface area contributed by atoms with Gasteiger partial charge in [0.2, 0.25) is 11.8 Å². The smallest absolute Gasteiger partial charge is 0.224 e. The van der Waals surface area contributed by atoms with Gasteiger partial charge in [-0.25, -0.2) is 0 Å². The Morgan fingerprint density at radius 1 is 0.533 bits per heavy atom. The van der Waals surface area contributed by atoms with Gasteiger partial charge in [0.15, 0.2) is 0 Å². The van der Waals surface area contributed by atoms with E-state index in [-0.39, 0.29) is 36.0 Å². The van der Waals surface area contributed by atoms with Crippen LogP contribution >= 0.6 is 0 Å². The Morgan fingerprint density at radius 2 is 0.900 bits per heavy atom. The van der Waals surface area contributed by atoms with E-state index in [0.717, 1.165) is 75.4 Å². The number of morpholine rings is 2. The van der Waals surface area contributed by atoms with Crippen LogP contribution in [0.25, 0.3) is 0 Å². The van der Waals surface area contributed by atoms with Crippen LogP contribution in [-0.4, -0.2) is 76.5 Å². The van der Waals surface area contributed by atoms with E-state index < -0.39 is 0 Å². The van der Waals surface area contributed by atoms with Crippen LogP contribution in [0.4, 0.5) is 34.1 Å². The summed E-state index contributed by atoms with van der Waals surface area (Å²) in [6.45, 7) is 14.8. The molecule has 0 radical (unpaired) electrons. The van der Waals surface area contributed by atoms with Crippen molar-refractivity contribution in [2.24, 2.45) is 23.7 Å². The maximum Gasteiger partial charge on any atom is 0.224 e. The summed E-state index contributed by atoms with van der Waals surface area (Å²) >= 11 is 0. The molecule has 6 atom stereocenters. The molecular weight excluding hydrogens is 749 g/mol. The van der Waals surface area contributed by atoms with Crippen molar-refractivity contribution in [2.75, 3.05) is 82.8 Å². The molecule has 2 amide bonds. The molecule has 0 bridgehead atoms. The van der Waals surface area contributed by atoms with E-state index >= 15 is 0 Å². The minimum atomic E-state index is 0.150. The molecule has 0 aromatic heterocycles. The average molecular weight is 811 g/mol. The van der Waals surface area contributed by atoms with Gasteiger partial charge in [-0.3, -0.25) is 9.59 Å².